The van der Waals surface area contributed by atoms with Crippen LogP contribution in [0.1, 0.15) is 40.8 Å². The van der Waals surface area contributed by atoms with E-state index in [0.29, 0.717) is 5.92 Å². The summed E-state index contributed by atoms with van der Waals surface area (Å²) >= 11 is 0. The number of benzene rings is 1. The van der Waals surface area contributed by atoms with Gasteiger partial charge in [0.15, 0.2) is 0 Å². The molecular weight excluding hydrogens is 266 g/mol. The van der Waals surface area contributed by atoms with E-state index in [1.165, 1.54) is 0 Å². The van der Waals surface area contributed by atoms with Crippen LogP contribution in [0.4, 0.5) is 5.69 Å². The molecule has 1 amide bonds. The van der Waals surface area contributed by atoms with Crippen LogP contribution in [-0.2, 0) is 6.54 Å². The van der Waals surface area contributed by atoms with Crippen LogP contribution in [0.2, 0.25) is 0 Å². The highest BCUT2D eigenvalue weighted by Gasteiger charge is 2.28. The Hall–Kier alpha value is -2.21. The number of hydrogen-bond donors (Lipinski definition) is 2. The van der Waals surface area contributed by atoms with Crippen LogP contribution in [0.3, 0.4) is 0 Å². The third-order valence-electron chi connectivity index (χ3n) is 3.35. The van der Waals surface area contributed by atoms with Crippen LogP contribution in [-0.4, -0.2) is 40.1 Å². The maximum absolute atomic E-state index is 12.1. The van der Waals surface area contributed by atoms with E-state index in [2.05, 4.69) is 25.4 Å². The summed E-state index contributed by atoms with van der Waals surface area (Å²) in [5, 5.41) is 9.67. The first-order valence-electron chi connectivity index (χ1n) is 7.09. The fourth-order valence-electron chi connectivity index (χ4n) is 2.21. The van der Waals surface area contributed by atoms with Crippen molar-refractivity contribution in [1.82, 2.24) is 20.1 Å². The van der Waals surface area contributed by atoms with Crippen LogP contribution < -0.4 is 5.32 Å². The van der Waals surface area contributed by atoms with Gasteiger partial charge in [-0.15, -0.1) is 5.10 Å². The lowest BCUT2D eigenvalue weighted by atomic mass is 10.2. The fraction of sp³-hybridized carbons (Fsp3) is 0.400. The maximum Gasteiger partial charge on any atom is 0.295 e. The quantitative estimate of drug-likeness (QED) is 0.881. The molecule has 0 saturated heterocycles. The number of nitrogens with zero attached hydrogens (tertiary/aromatic N) is 3. The second kappa shape index (κ2) is 5.65. The monoisotopic (exact) mass is 285 g/mol. The molecule has 1 aliphatic carbocycles. The molecule has 1 saturated carbocycles. The average molecular weight is 285 g/mol. The van der Waals surface area contributed by atoms with E-state index in [9.17, 15) is 4.79 Å². The molecular formula is C15H19N5O. The lowest BCUT2D eigenvalue weighted by Gasteiger charge is -2.11. The highest BCUT2D eigenvalue weighted by atomic mass is 16.2. The van der Waals surface area contributed by atoms with Crippen molar-refractivity contribution >= 4 is 11.6 Å². The number of rotatable bonds is 5. The van der Waals surface area contributed by atoms with Crippen LogP contribution in [0.25, 0.3) is 0 Å². The second-order valence-corrected chi connectivity index (χ2v) is 5.71. The Labute approximate surface area is 123 Å². The van der Waals surface area contributed by atoms with E-state index in [1.54, 1.807) is 0 Å². The molecule has 6 nitrogen and oxygen atoms in total. The summed E-state index contributed by atoms with van der Waals surface area (Å²) in [6, 6.07) is 7.80. The van der Waals surface area contributed by atoms with Crippen LogP contribution >= 0.6 is 0 Å². The van der Waals surface area contributed by atoms with Crippen molar-refractivity contribution in [2.45, 2.75) is 25.3 Å². The SMILES string of the molecule is CN(C)Cc1cccc(NC(=O)c2n[nH]c(C3CC3)n2)c1. The molecule has 0 spiro atoms. The molecule has 0 atom stereocenters. The normalized spacial score (nSPS) is 14.4. The molecule has 0 bridgehead atoms. The molecule has 0 unspecified atom stereocenters. The van der Waals surface area contributed by atoms with Crippen molar-refractivity contribution in [3.63, 3.8) is 0 Å². The van der Waals surface area contributed by atoms with Crippen molar-refractivity contribution in [3.8, 4) is 0 Å². The first-order chi connectivity index (χ1) is 10.1. The second-order valence-electron chi connectivity index (χ2n) is 5.71. The molecule has 2 N–H and O–H groups in total. The Kier molecular flexibility index (Phi) is 3.70. The molecule has 2 aromatic rings. The summed E-state index contributed by atoms with van der Waals surface area (Å²) in [5.41, 5.74) is 1.91. The number of H-pyrrole nitrogens is 1. The molecule has 1 fully saturated rings. The van der Waals surface area contributed by atoms with Crippen molar-refractivity contribution in [2.24, 2.45) is 0 Å². The number of aromatic amines is 1. The Morgan fingerprint density at radius 2 is 2.24 bits per heavy atom. The summed E-state index contributed by atoms with van der Waals surface area (Å²) in [5.74, 6) is 1.21. The van der Waals surface area contributed by atoms with Gasteiger partial charge in [-0.05, 0) is 44.6 Å². The van der Waals surface area contributed by atoms with Gasteiger partial charge in [0.05, 0.1) is 0 Å². The minimum Gasteiger partial charge on any atom is -0.319 e. The predicted molar refractivity (Wildman–Crippen MR) is 80.1 cm³/mol. The van der Waals surface area contributed by atoms with Gasteiger partial charge in [-0.25, -0.2) is 4.98 Å². The zero-order valence-corrected chi connectivity index (χ0v) is 12.3. The van der Waals surface area contributed by atoms with Gasteiger partial charge in [-0.1, -0.05) is 12.1 Å². The van der Waals surface area contributed by atoms with E-state index >= 15 is 0 Å². The molecule has 110 valence electrons. The largest absolute Gasteiger partial charge is 0.319 e. The summed E-state index contributed by atoms with van der Waals surface area (Å²) in [4.78, 5) is 18.5. The van der Waals surface area contributed by atoms with Crippen LogP contribution in [0.5, 0.6) is 0 Å². The summed E-state index contributed by atoms with van der Waals surface area (Å²) in [7, 11) is 4.02. The Balaban J connectivity index is 1.68. The van der Waals surface area contributed by atoms with Crippen LogP contribution in [0, 0.1) is 0 Å². The van der Waals surface area contributed by atoms with Crippen molar-refractivity contribution in [3.05, 3.63) is 41.5 Å². The van der Waals surface area contributed by atoms with Crippen molar-refractivity contribution < 1.29 is 4.79 Å². The van der Waals surface area contributed by atoms with Crippen LogP contribution in [0.15, 0.2) is 24.3 Å². The highest BCUT2D eigenvalue weighted by molar-refractivity contribution is 6.01. The summed E-state index contributed by atoms with van der Waals surface area (Å²) < 4.78 is 0. The number of carbonyl (C=O) groups excluding carboxylic acids is 1. The van der Waals surface area contributed by atoms with E-state index in [4.69, 9.17) is 0 Å². The van der Waals surface area contributed by atoms with E-state index in [1.807, 2.05) is 38.4 Å². The van der Waals surface area contributed by atoms with Gasteiger partial charge in [-0.3, -0.25) is 9.89 Å². The number of hydrogen-bond acceptors (Lipinski definition) is 4. The number of aromatic nitrogens is 3. The molecule has 1 aliphatic rings. The molecule has 1 heterocycles. The number of carbonyl (C=O) groups is 1. The molecule has 0 radical (unpaired) electrons. The average Bonchev–Trinajstić information content (AvgIpc) is 3.16. The Bertz CT molecular complexity index is 645. The minimum absolute atomic E-state index is 0.204. The lowest BCUT2D eigenvalue weighted by molar-refractivity contribution is 0.101. The van der Waals surface area contributed by atoms with Gasteiger partial charge in [0.1, 0.15) is 5.82 Å². The number of nitrogens with one attached hydrogen (secondary N) is 2. The van der Waals surface area contributed by atoms with E-state index in [0.717, 1.165) is 36.5 Å². The fourth-order valence-corrected chi connectivity index (χ4v) is 2.21. The molecule has 0 aliphatic heterocycles. The molecule has 1 aromatic heterocycles. The zero-order chi connectivity index (χ0) is 14.8. The number of anilines is 1. The molecule has 3 rings (SSSR count). The number of amides is 1. The first-order valence-corrected chi connectivity index (χ1v) is 7.09. The Morgan fingerprint density at radius 3 is 2.95 bits per heavy atom. The lowest BCUT2D eigenvalue weighted by Crippen LogP contribution is -2.15. The first kappa shape index (κ1) is 13.8. The van der Waals surface area contributed by atoms with Crippen molar-refractivity contribution in [2.75, 3.05) is 19.4 Å². The van der Waals surface area contributed by atoms with Gasteiger partial charge in [0.2, 0.25) is 5.82 Å². The maximum atomic E-state index is 12.1. The van der Waals surface area contributed by atoms with Gasteiger partial charge in [0.25, 0.3) is 5.91 Å². The van der Waals surface area contributed by atoms with E-state index < -0.39 is 0 Å². The Morgan fingerprint density at radius 1 is 1.43 bits per heavy atom. The summed E-state index contributed by atoms with van der Waals surface area (Å²) in [6.45, 7) is 0.830. The predicted octanol–water partition coefficient (Wildman–Crippen LogP) is 2.00. The molecule has 6 heteroatoms. The van der Waals surface area contributed by atoms with E-state index in [-0.39, 0.29) is 11.7 Å². The molecule has 1 aromatic carbocycles. The third-order valence-corrected chi connectivity index (χ3v) is 3.35. The van der Waals surface area contributed by atoms with Gasteiger partial charge in [-0.2, -0.15) is 0 Å². The highest BCUT2D eigenvalue weighted by Crippen LogP contribution is 2.37. The molecule has 21 heavy (non-hydrogen) atoms. The van der Waals surface area contributed by atoms with Gasteiger partial charge >= 0.3 is 0 Å². The van der Waals surface area contributed by atoms with Gasteiger partial charge < -0.3 is 10.2 Å². The topological polar surface area (TPSA) is 73.9 Å². The van der Waals surface area contributed by atoms with Gasteiger partial charge in [0, 0.05) is 18.2 Å². The smallest absolute Gasteiger partial charge is 0.295 e. The third kappa shape index (κ3) is 3.46. The van der Waals surface area contributed by atoms with Crippen molar-refractivity contribution in [1.29, 1.82) is 0 Å². The standard InChI is InChI=1S/C15H19N5O/c1-20(2)9-10-4-3-5-12(8-10)16-15(21)14-17-13(18-19-14)11-6-7-11/h3-5,8,11H,6-7,9H2,1-2H3,(H,16,21)(H,17,18,19). The minimum atomic E-state index is -0.278. The zero-order valence-electron chi connectivity index (χ0n) is 12.3. The summed E-state index contributed by atoms with van der Waals surface area (Å²) in [6.07, 6.45) is 2.26.